The Labute approximate surface area is 135 Å². The Balaban J connectivity index is 1.64. The van der Waals surface area contributed by atoms with Crippen molar-refractivity contribution in [1.82, 2.24) is 9.88 Å². The molecular weight excluding hydrogens is 288 g/mol. The van der Waals surface area contributed by atoms with E-state index in [0.29, 0.717) is 0 Å². The van der Waals surface area contributed by atoms with Crippen LogP contribution in [0.25, 0.3) is 22.7 Å². The molecule has 4 rings (SSSR count). The molecule has 2 aliphatic rings. The van der Waals surface area contributed by atoms with Crippen LogP contribution in [0.5, 0.6) is 0 Å². The second-order valence-electron chi connectivity index (χ2n) is 6.54. The Kier molecular flexibility index (Phi) is 3.28. The second kappa shape index (κ2) is 5.18. The predicted octanol–water partition coefficient (Wildman–Crippen LogP) is 4.56. The molecule has 1 atom stereocenters. The highest BCUT2D eigenvalue weighted by molar-refractivity contribution is 7.16. The van der Waals surface area contributed by atoms with Gasteiger partial charge in [0.2, 0.25) is 0 Å². The molecule has 1 unspecified atom stereocenters. The van der Waals surface area contributed by atoms with Crippen molar-refractivity contribution in [3.8, 4) is 10.6 Å². The number of nitrogens with zero attached hydrogens (tertiary/aromatic N) is 2. The van der Waals surface area contributed by atoms with Crippen LogP contribution < -0.4 is 0 Å². The Bertz CT molecular complexity index is 705. The number of hydrogen-bond donors (Lipinski definition) is 0. The monoisotopic (exact) mass is 308 g/mol. The number of aromatic nitrogens is 1. The zero-order valence-corrected chi connectivity index (χ0v) is 13.8. The smallest absolute Gasteiger partial charge is 0.124 e. The Hall–Kier alpha value is -1.71. The van der Waals surface area contributed by atoms with Gasteiger partial charge < -0.3 is 0 Å². The first-order valence-electron chi connectivity index (χ1n) is 7.84. The summed E-state index contributed by atoms with van der Waals surface area (Å²) in [7, 11) is 0. The highest BCUT2D eigenvalue weighted by atomic mass is 32.1. The fourth-order valence-corrected chi connectivity index (χ4v) is 4.10. The van der Waals surface area contributed by atoms with Crippen LogP contribution in [0.3, 0.4) is 0 Å². The van der Waals surface area contributed by atoms with E-state index in [0.717, 1.165) is 16.6 Å². The number of benzene rings is 1. The van der Waals surface area contributed by atoms with Crippen molar-refractivity contribution in [3.63, 3.8) is 0 Å². The molecule has 1 aliphatic carbocycles. The minimum Gasteiger partial charge on any atom is -0.290 e. The molecule has 0 spiro atoms. The summed E-state index contributed by atoms with van der Waals surface area (Å²) in [5.41, 5.74) is 2.32. The maximum absolute atomic E-state index is 4.83. The van der Waals surface area contributed by atoms with Crippen LogP contribution in [0.2, 0.25) is 0 Å². The van der Waals surface area contributed by atoms with Gasteiger partial charge in [-0.2, -0.15) is 0 Å². The third kappa shape index (κ3) is 2.34. The van der Waals surface area contributed by atoms with Crippen molar-refractivity contribution >= 4 is 23.5 Å². The van der Waals surface area contributed by atoms with Crippen LogP contribution in [0.4, 0.5) is 0 Å². The first kappa shape index (κ1) is 13.9. The van der Waals surface area contributed by atoms with E-state index in [9.17, 15) is 0 Å². The maximum atomic E-state index is 4.83. The van der Waals surface area contributed by atoms with Gasteiger partial charge in [-0.3, -0.25) is 4.90 Å². The maximum Gasteiger partial charge on any atom is 0.124 e. The molecule has 1 fully saturated rings. The molecule has 0 N–H and O–H groups in total. The average molecular weight is 308 g/mol. The molecule has 1 aromatic heterocycles. The highest BCUT2D eigenvalue weighted by Crippen LogP contribution is 2.35. The molecule has 2 aromatic rings. The van der Waals surface area contributed by atoms with Crippen LogP contribution >= 0.6 is 11.3 Å². The summed E-state index contributed by atoms with van der Waals surface area (Å²) in [6.45, 7) is 6.97. The van der Waals surface area contributed by atoms with E-state index in [-0.39, 0.29) is 5.54 Å². The zero-order valence-electron chi connectivity index (χ0n) is 13.0. The molecule has 0 saturated carbocycles. The summed E-state index contributed by atoms with van der Waals surface area (Å²) >= 11 is 1.77. The molecule has 0 radical (unpaired) electrons. The van der Waals surface area contributed by atoms with Gasteiger partial charge in [-0.15, -0.1) is 11.3 Å². The SMILES string of the molecule is CC1CN(C2(C)C=Cc3nc(-c4ccccc4)sc3C=C2)C1. The van der Waals surface area contributed by atoms with Gasteiger partial charge in [0.05, 0.1) is 16.1 Å². The topological polar surface area (TPSA) is 16.1 Å². The lowest BCUT2D eigenvalue weighted by Crippen LogP contribution is -2.55. The summed E-state index contributed by atoms with van der Waals surface area (Å²) < 4.78 is 0. The standard InChI is InChI=1S/C19H20N2S/c1-14-12-21(13-14)19(2)10-8-16-17(9-11-19)22-18(20-16)15-6-4-3-5-7-15/h3-11,14H,12-13H2,1-2H3. The Morgan fingerprint density at radius 1 is 1.14 bits per heavy atom. The fraction of sp³-hybridized carbons (Fsp3) is 0.316. The molecule has 22 heavy (non-hydrogen) atoms. The zero-order chi connectivity index (χ0) is 15.2. The van der Waals surface area contributed by atoms with Crippen molar-refractivity contribution in [2.75, 3.05) is 13.1 Å². The average Bonchev–Trinajstić information content (AvgIpc) is 2.86. The largest absolute Gasteiger partial charge is 0.290 e. The van der Waals surface area contributed by atoms with E-state index >= 15 is 0 Å². The van der Waals surface area contributed by atoms with Gasteiger partial charge in [0.15, 0.2) is 0 Å². The van der Waals surface area contributed by atoms with Crippen LogP contribution in [0, 0.1) is 5.92 Å². The molecule has 2 nitrogen and oxygen atoms in total. The molecule has 3 heteroatoms. The molecule has 112 valence electrons. The minimum absolute atomic E-state index is 0.0276. The summed E-state index contributed by atoms with van der Waals surface area (Å²) in [5.74, 6) is 0.818. The van der Waals surface area contributed by atoms with Crippen LogP contribution in [-0.4, -0.2) is 28.5 Å². The third-order valence-corrected chi connectivity index (χ3v) is 5.68. The molecule has 1 aromatic carbocycles. The number of hydrogen-bond acceptors (Lipinski definition) is 3. The van der Waals surface area contributed by atoms with Gasteiger partial charge in [0.25, 0.3) is 0 Å². The molecule has 1 aliphatic heterocycles. The molecule has 0 bridgehead atoms. The molecule has 1 saturated heterocycles. The van der Waals surface area contributed by atoms with Crippen LogP contribution in [0.1, 0.15) is 24.4 Å². The first-order valence-corrected chi connectivity index (χ1v) is 8.65. The van der Waals surface area contributed by atoms with E-state index in [1.54, 1.807) is 11.3 Å². The van der Waals surface area contributed by atoms with Gasteiger partial charge in [-0.25, -0.2) is 4.98 Å². The van der Waals surface area contributed by atoms with Crippen molar-refractivity contribution in [2.24, 2.45) is 5.92 Å². The minimum atomic E-state index is 0.0276. The number of rotatable bonds is 2. The van der Waals surface area contributed by atoms with Crippen LogP contribution in [0.15, 0.2) is 42.5 Å². The summed E-state index contributed by atoms with van der Waals surface area (Å²) in [6, 6.07) is 10.4. The molecule has 0 amide bonds. The number of likely N-dealkylation sites (tertiary alicyclic amines) is 1. The van der Waals surface area contributed by atoms with Gasteiger partial charge >= 0.3 is 0 Å². The van der Waals surface area contributed by atoms with E-state index < -0.39 is 0 Å². The normalized spacial score (nSPS) is 24.8. The van der Waals surface area contributed by atoms with Crippen molar-refractivity contribution < 1.29 is 0 Å². The van der Waals surface area contributed by atoms with Crippen molar-refractivity contribution in [1.29, 1.82) is 0 Å². The fourth-order valence-electron chi connectivity index (χ4n) is 3.14. The Morgan fingerprint density at radius 3 is 2.59 bits per heavy atom. The van der Waals surface area contributed by atoms with Gasteiger partial charge in [-0.05, 0) is 25.0 Å². The van der Waals surface area contributed by atoms with Crippen molar-refractivity contribution in [3.05, 3.63) is 53.1 Å². The van der Waals surface area contributed by atoms with E-state index in [2.05, 4.69) is 67.3 Å². The Morgan fingerprint density at radius 2 is 1.86 bits per heavy atom. The quantitative estimate of drug-likeness (QED) is 0.808. The van der Waals surface area contributed by atoms with Gasteiger partial charge in [0.1, 0.15) is 5.01 Å². The van der Waals surface area contributed by atoms with Gasteiger partial charge in [0, 0.05) is 18.7 Å². The molecule has 2 heterocycles. The lowest BCUT2D eigenvalue weighted by atomic mass is 9.90. The highest BCUT2D eigenvalue weighted by Gasteiger charge is 2.35. The second-order valence-corrected chi connectivity index (χ2v) is 7.57. The lowest BCUT2D eigenvalue weighted by Gasteiger charge is -2.47. The molecular formula is C19H20N2S. The lowest BCUT2D eigenvalue weighted by molar-refractivity contribution is 0.0546. The van der Waals surface area contributed by atoms with E-state index in [4.69, 9.17) is 4.98 Å². The number of thiazole rings is 1. The van der Waals surface area contributed by atoms with E-state index in [1.807, 2.05) is 6.07 Å². The van der Waals surface area contributed by atoms with Crippen LogP contribution in [-0.2, 0) is 0 Å². The summed E-state index contributed by atoms with van der Waals surface area (Å²) in [4.78, 5) is 8.61. The third-order valence-electron chi connectivity index (χ3n) is 4.60. The van der Waals surface area contributed by atoms with Gasteiger partial charge in [-0.1, -0.05) is 49.4 Å². The summed E-state index contributed by atoms with van der Waals surface area (Å²) in [6.07, 6.45) is 9.08. The first-order chi connectivity index (χ1) is 10.6. The van der Waals surface area contributed by atoms with E-state index in [1.165, 1.54) is 23.5 Å². The predicted molar refractivity (Wildman–Crippen MR) is 94.8 cm³/mol. The summed E-state index contributed by atoms with van der Waals surface area (Å²) in [5, 5.41) is 1.10. The van der Waals surface area contributed by atoms with Crippen molar-refractivity contribution in [2.45, 2.75) is 19.4 Å². The number of fused-ring (bicyclic) bond motifs is 1.